The van der Waals surface area contributed by atoms with Gasteiger partial charge in [0.15, 0.2) is 5.78 Å². The first-order valence-corrected chi connectivity index (χ1v) is 7.07. The maximum absolute atomic E-state index is 12.2. The highest BCUT2D eigenvalue weighted by molar-refractivity contribution is 6.02. The molecular formula is C18H14N2O3. The second kappa shape index (κ2) is 6.27. The van der Waals surface area contributed by atoms with E-state index in [-0.39, 0.29) is 11.5 Å². The average molecular weight is 306 g/mol. The number of ketones is 1. The van der Waals surface area contributed by atoms with Crippen molar-refractivity contribution >= 4 is 17.4 Å². The Kier molecular flexibility index (Phi) is 4.01. The molecule has 3 aromatic rings. The molecule has 0 saturated carbocycles. The lowest BCUT2D eigenvalue weighted by molar-refractivity contribution is 0.0995. The number of amides is 1. The second-order valence-corrected chi connectivity index (χ2v) is 4.98. The third-order valence-corrected chi connectivity index (χ3v) is 3.30. The van der Waals surface area contributed by atoms with Gasteiger partial charge in [-0.25, -0.2) is 4.98 Å². The molecule has 3 rings (SSSR count). The van der Waals surface area contributed by atoms with Crippen LogP contribution in [0.25, 0.3) is 11.5 Å². The molecule has 0 fully saturated rings. The first-order chi connectivity index (χ1) is 11.1. The molecule has 0 bridgehead atoms. The van der Waals surface area contributed by atoms with E-state index in [4.69, 9.17) is 4.42 Å². The summed E-state index contributed by atoms with van der Waals surface area (Å²) in [6.07, 6.45) is 1.39. The lowest BCUT2D eigenvalue weighted by Crippen LogP contribution is -2.10. The third-order valence-electron chi connectivity index (χ3n) is 3.30. The van der Waals surface area contributed by atoms with Crippen LogP contribution in [0.15, 0.2) is 65.2 Å². The number of rotatable bonds is 4. The van der Waals surface area contributed by atoms with Crippen molar-refractivity contribution in [3.8, 4) is 11.5 Å². The molecule has 114 valence electrons. The minimum atomic E-state index is -0.393. The Hall–Kier alpha value is -3.21. The smallest absolute Gasteiger partial charge is 0.293 e. The number of oxazole rings is 1. The summed E-state index contributed by atoms with van der Waals surface area (Å²) in [5.41, 5.74) is 1.98. The minimum Gasteiger partial charge on any atom is -0.431 e. The molecule has 0 aliphatic carbocycles. The zero-order valence-electron chi connectivity index (χ0n) is 12.4. The summed E-state index contributed by atoms with van der Waals surface area (Å²) in [5.74, 6) is 0.100. The van der Waals surface area contributed by atoms with E-state index < -0.39 is 5.91 Å². The van der Waals surface area contributed by atoms with E-state index in [9.17, 15) is 9.59 Å². The van der Waals surface area contributed by atoms with Crippen molar-refractivity contribution in [1.29, 1.82) is 0 Å². The standard InChI is InChI=1S/C18H14N2O3/c1-12(21)13-7-9-15(10-8-13)20-17(22)16-11-19-18(23-16)14-5-3-2-4-6-14/h2-11H,1H3,(H,20,22). The summed E-state index contributed by atoms with van der Waals surface area (Å²) in [4.78, 5) is 27.5. The van der Waals surface area contributed by atoms with Crippen molar-refractivity contribution in [1.82, 2.24) is 4.98 Å². The molecule has 0 aliphatic heterocycles. The predicted molar refractivity (Wildman–Crippen MR) is 86.3 cm³/mol. The summed E-state index contributed by atoms with van der Waals surface area (Å²) < 4.78 is 5.49. The van der Waals surface area contributed by atoms with Crippen LogP contribution < -0.4 is 5.32 Å². The van der Waals surface area contributed by atoms with Crippen molar-refractivity contribution in [2.75, 3.05) is 5.32 Å². The van der Waals surface area contributed by atoms with Gasteiger partial charge in [0.25, 0.3) is 5.91 Å². The highest BCUT2D eigenvalue weighted by atomic mass is 16.4. The Bertz CT molecular complexity index is 836. The Morgan fingerprint density at radius 2 is 1.70 bits per heavy atom. The number of carbonyl (C=O) groups excluding carboxylic acids is 2. The van der Waals surface area contributed by atoms with Crippen molar-refractivity contribution in [2.24, 2.45) is 0 Å². The maximum atomic E-state index is 12.2. The lowest BCUT2D eigenvalue weighted by Gasteiger charge is -2.03. The molecule has 5 nitrogen and oxygen atoms in total. The Labute approximate surface area is 133 Å². The molecule has 1 heterocycles. The Balaban J connectivity index is 1.74. The SMILES string of the molecule is CC(=O)c1ccc(NC(=O)c2cnc(-c3ccccc3)o2)cc1. The fraction of sp³-hybridized carbons (Fsp3) is 0.0556. The van der Waals surface area contributed by atoms with Gasteiger partial charge in [0.1, 0.15) is 0 Å². The van der Waals surface area contributed by atoms with Gasteiger partial charge in [-0.3, -0.25) is 9.59 Å². The van der Waals surface area contributed by atoms with Crippen LogP contribution in [0.4, 0.5) is 5.69 Å². The molecule has 2 aromatic carbocycles. The number of anilines is 1. The maximum Gasteiger partial charge on any atom is 0.293 e. The first-order valence-electron chi connectivity index (χ1n) is 7.07. The fourth-order valence-corrected chi connectivity index (χ4v) is 2.07. The highest BCUT2D eigenvalue weighted by Crippen LogP contribution is 2.19. The number of hydrogen-bond donors (Lipinski definition) is 1. The van der Waals surface area contributed by atoms with Crippen LogP contribution in [-0.2, 0) is 0 Å². The van der Waals surface area contributed by atoms with E-state index in [1.807, 2.05) is 30.3 Å². The zero-order chi connectivity index (χ0) is 16.2. The van der Waals surface area contributed by atoms with Crippen LogP contribution in [0, 0.1) is 0 Å². The normalized spacial score (nSPS) is 10.3. The van der Waals surface area contributed by atoms with E-state index in [0.29, 0.717) is 17.1 Å². The molecule has 0 unspecified atom stereocenters. The van der Waals surface area contributed by atoms with Gasteiger partial charge in [0.2, 0.25) is 11.7 Å². The van der Waals surface area contributed by atoms with E-state index in [1.165, 1.54) is 13.1 Å². The van der Waals surface area contributed by atoms with E-state index in [2.05, 4.69) is 10.3 Å². The number of aromatic nitrogens is 1. The number of nitrogens with one attached hydrogen (secondary N) is 1. The second-order valence-electron chi connectivity index (χ2n) is 4.98. The Morgan fingerprint density at radius 3 is 2.35 bits per heavy atom. The van der Waals surface area contributed by atoms with Crippen LogP contribution in [0.2, 0.25) is 0 Å². The number of nitrogens with zero attached hydrogens (tertiary/aromatic N) is 1. The van der Waals surface area contributed by atoms with E-state index in [0.717, 1.165) is 5.56 Å². The van der Waals surface area contributed by atoms with Gasteiger partial charge >= 0.3 is 0 Å². The molecule has 0 atom stereocenters. The number of hydrogen-bond acceptors (Lipinski definition) is 4. The Morgan fingerprint density at radius 1 is 1.00 bits per heavy atom. The van der Waals surface area contributed by atoms with Gasteiger partial charge in [-0.1, -0.05) is 18.2 Å². The summed E-state index contributed by atoms with van der Waals surface area (Å²) in [6, 6.07) is 16.0. The summed E-state index contributed by atoms with van der Waals surface area (Å²) in [5, 5.41) is 2.71. The van der Waals surface area contributed by atoms with Gasteiger partial charge in [-0.2, -0.15) is 0 Å². The van der Waals surface area contributed by atoms with Crippen molar-refractivity contribution in [2.45, 2.75) is 6.92 Å². The quantitative estimate of drug-likeness (QED) is 0.744. The largest absolute Gasteiger partial charge is 0.431 e. The number of Topliss-reactive ketones (excluding diaryl/α,β-unsaturated/α-hetero) is 1. The van der Waals surface area contributed by atoms with Crippen molar-refractivity contribution in [3.63, 3.8) is 0 Å². The zero-order valence-corrected chi connectivity index (χ0v) is 12.4. The molecule has 1 aromatic heterocycles. The molecular weight excluding hydrogens is 292 g/mol. The minimum absolute atomic E-state index is 0.0226. The number of benzene rings is 2. The summed E-state index contributed by atoms with van der Waals surface area (Å²) in [6.45, 7) is 1.49. The monoisotopic (exact) mass is 306 g/mol. The van der Waals surface area contributed by atoms with Gasteiger partial charge in [-0.15, -0.1) is 0 Å². The third kappa shape index (κ3) is 3.35. The molecule has 0 radical (unpaired) electrons. The van der Waals surface area contributed by atoms with Gasteiger partial charge in [0.05, 0.1) is 6.20 Å². The molecule has 0 aliphatic rings. The summed E-state index contributed by atoms with van der Waals surface area (Å²) in [7, 11) is 0. The average Bonchev–Trinajstić information content (AvgIpc) is 3.06. The van der Waals surface area contributed by atoms with Crippen molar-refractivity contribution in [3.05, 3.63) is 72.1 Å². The predicted octanol–water partition coefficient (Wildman–Crippen LogP) is 3.80. The highest BCUT2D eigenvalue weighted by Gasteiger charge is 2.14. The van der Waals surface area contributed by atoms with Crippen LogP contribution in [0.1, 0.15) is 27.8 Å². The van der Waals surface area contributed by atoms with Crippen molar-refractivity contribution < 1.29 is 14.0 Å². The summed E-state index contributed by atoms with van der Waals surface area (Å²) >= 11 is 0. The first kappa shape index (κ1) is 14.7. The van der Waals surface area contributed by atoms with Gasteiger partial charge in [0, 0.05) is 16.8 Å². The van der Waals surface area contributed by atoms with E-state index in [1.54, 1.807) is 24.3 Å². The van der Waals surface area contributed by atoms with Gasteiger partial charge < -0.3 is 9.73 Å². The van der Waals surface area contributed by atoms with Crippen LogP contribution in [-0.4, -0.2) is 16.7 Å². The van der Waals surface area contributed by atoms with Crippen LogP contribution in [0.3, 0.4) is 0 Å². The topological polar surface area (TPSA) is 72.2 Å². The molecule has 1 amide bonds. The molecule has 0 spiro atoms. The number of carbonyl (C=O) groups is 2. The molecule has 0 saturated heterocycles. The molecule has 23 heavy (non-hydrogen) atoms. The van der Waals surface area contributed by atoms with Crippen LogP contribution in [0.5, 0.6) is 0 Å². The fourth-order valence-electron chi connectivity index (χ4n) is 2.07. The van der Waals surface area contributed by atoms with Crippen LogP contribution >= 0.6 is 0 Å². The lowest BCUT2D eigenvalue weighted by atomic mass is 10.1. The molecule has 5 heteroatoms. The van der Waals surface area contributed by atoms with E-state index >= 15 is 0 Å². The van der Waals surface area contributed by atoms with Gasteiger partial charge in [-0.05, 0) is 43.3 Å². The molecule has 1 N–H and O–H groups in total.